The Kier molecular flexibility index (Phi) is 3.58. The van der Waals surface area contributed by atoms with E-state index < -0.39 is 0 Å². The second-order valence-electron chi connectivity index (χ2n) is 7.51. The quantitative estimate of drug-likeness (QED) is 0.839. The summed E-state index contributed by atoms with van der Waals surface area (Å²) in [6, 6.07) is 0.327. The molecule has 0 radical (unpaired) electrons. The summed E-state index contributed by atoms with van der Waals surface area (Å²) in [6.45, 7) is 3.25. The predicted octanol–water partition coefficient (Wildman–Crippen LogP) is 1.87. The summed E-state index contributed by atoms with van der Waals surface area (Å²) in [5.74, 6) is 1.49. The van der Waals surface area contributed by atoms with E-state index in [1.807, 2.05) is 30.3 Å². The summed E-state index contributed by atoms with van der Waals surface area (Å²) in [5.41, 5.74) is 2.14. The molecule has 3 aliphatic rings. The molecule has 2 saturated heterocycles. The lowest BCUT2D eigenvalue weighted by atomic mass is 10.2. The number of anilines is 2. The molecule has 1 atom stereocenters. The van der Waals surface area contributed by atoms with Crippen molar-refractivity contribution >= 4 is 17.7 Å². The number of urea groups is 1. The summed E-state index contributed by atoms with van der Waals surface area (Å²) in [7, 11) is 1.83. The average Bonchev–Trinajstić information content (AvgIpc) is 3.04. The summed E-state index contributed by atoms with van der Waals surface area (Å²) in [6.07, 6.45) is 11.3. The molecule has 4 heterocycles. The maximum atomic E-state index is 12.1. The van der Waals surface area contributed by atoms with Gasteiger partial charge in [0.05, 0.1) is 17.9 Å². The molecule has 2 aromatic heterocycles. The van der Waals surface area contributed by atoms with E-state index in [-0.39, 0.29) is 12.1 Å². The van der Waals surface area contributed by atoms with Crippen LogP contribution in [0.25, 0.3) is 0 Å². The standard InChI is InChI=1S/C18H23N7O/c1-22-6-7-24(18(22)26)16-10-21-25(12-16)15-4-5-23(11-15)17-19-8-14(9-20-17)13-2-3-13/h8-10,12-13,15H,2-7,11H2,1H3. The molecule has 0 aromatic carbocycles. The molecule has 2 aromatic rings. The Labute approximate surface area is 152 Å². The number of nitrogens with zero attached hydrogens (tertiary/aromatic N) is 7. The Balaban J connectivity index is 1.26. The lowest BCUT2D eigenvalue weighted by Crippen LogP contribution is -2.28. The van der Waals surface area contributed by atoms with Gasteiger partial charge < -0.3 is 9.80 Å². The van der Waals surface area contributed by atoms with Gasteiger partial charge in [0.2, 0.25) is 5.95 Å². The van der Waals surface area contributed by atoms with E-state index in [1.54, 1.807) is 16.0 Å². The van der Waals surface area contributed by atoms with E-state index in [2.05, 4.69) is 20.0 Å². The Morgan fingerprint density at radius 2 is 1.85 bits per heavy atom. The van der Waals surface area contributed by atoms with Crippen molar-refractivity contribution in [3.05, 3.63) is 30.4 Å². The first-order valence-corrected chi connectivity index (χ1v) is 9.33. The van der Waals surface area contributed by atoms with E-state index >= 15 is 0 Å². The highest BCUT2D eigenvalue weighted by atomic mass is 16.2. The zero-order chi connectivity index (χ0) is 17.7. The minimum atomic E-state index is 0.0433. The van der Waals surface area contributed by atoms with Crippen LogP contribution in [0.2, 0.25) is 0 Å². The van der Waals surface area contributed by atoms with Gasteiger partial charge in [0.25, 0.3) is 0 Å². The molecular formula is C18H23N7O. The summed E-state index contributed by atoms with van der Waals surface area (Å²) >= 11 is 0. The Morgan fingerprint density at radius 3 is 2.54 bits per heavy atom. The van der Waals surface area contributed by atoms with Crippen LogP contribution in [0.4, 0.5) is 16.4 Å². The third kappa shape index (κ3) is 2.69. The van der Waals surface area contributed by atoms with Gasteiger partial charge in [-0.05, 0) is 30.7 Å². The molecule has 5 rings (SSSR count). The highest BCUT2D eigenvalue weighted by Gasteiger charge is 2.30. The van der Waals surface area contributed by atoms with Gasteiger partial charge in [-0.3, -0.25) is 9.58 Å². The number of hydrogen-bond acceptors (Lipinski definition) is 5. The third-order valence-corrected chi connectivity index (χ3v) is 5.64. The molecule has 3 fully saturated rings. The monoisotopic (exact) mass is 353 g/mol. The van der Waals surface area contributed by atoms with Gasteiger partial charge in [-0.25, -0.2) is 14.8 Å². The lowest BCUT2D eigenvalue weighted by Gasteiger charge is -2.17. The van der Waals surface area contributed by atoms with E-state index in [9.17, 15) is 4.79 Å². The first-order chi connectivity index (χ1) is 12.7. The molecule has 0 bridgehead atoms. The number of likely N-dealkylation sites (N-methyl/N-ethyl adjacent to an activating group) is 1. The van der Waals surface area contributed by atoms with Crippen LogP contribution in [0.5, 0.6) is 0 Å². The lowest BCUT2D eigenvalue weighted by molar-refractivity contribution is 0.229. The maximum absolute atomic E-state index is 12.1. The summed E-state index contributed by atoms with van der Waals surface area (Å²) in [5, 5.41) is 4.51. The zero-order valence-corrected chi connectivity index (χ0v) is 15.0. The fourth-order valence-electron chi connectivity index (χ4n) is 3.82. The van der Waals surface area contributed by atoms with Crippen molar-refractivity contribution in [2.45, 2.75) is 31.2 Å². The SMILES string of the molecule is CN1CCN(c2cnn(C3CCN(c4ncc(C5CC5)cn4)C3)c2)C1=O. The molecule has 1 saturated carbocycles. The molecule has 136 valence electrons. The largest absolute Gasteiger partial charge is 0.339 e. The molecular weight excluding hydrogens is 330 g/mol. The highest BCUT2D eigenvalue weighted by Crippen LogP contribution is 2.39. The Hall–Kier alpha value is -2.64. The number of rotatable bonds is 4. The van der Waals surface area contributed by atoms with Crippen LogP contribution < -0.4 is 9.80 Å². The van der Waals surface area contributed by atoms with Crippen LogP contribution in [0.3, 0.4) is 0 Å². The number of aromatic nitrogens is 4. The predicted molar refractivity (Wildman–Crippen MR) is 97.5 cm³/mol. The molecule has 2 aliphatic heterocycles. The molecule has 26 heavy (non-hydrogen) atoms. The fraction of sp³-hybridized carbons (Fsp3) is 0.556. The topological polar surface area (TPSA) is 70.4 Å². The third-order valence-electron chi connectivity index (χ3n) is 5.64. The first-order valence-electron chi connectivity index (χ1n) is 9.33. The molecule has 1 unspecified atom stereocenters. The van der Waals surface area contributed by atoms with E-state index in [0.29, 0.717) is 5.92 Å². The summed E-state index contributed by atoms with van der Waals surface area (Å²) in [4.78, 5) is 27.0. The van der Waals surface area contributed by atoms with Crippen LogP contribution in [0.15, 0.2) is 24.8 Å². The minimum absolute atomic E-state index is 0.0433. The van der Waals surface area contributed by atoms with Crippen molar-refractivity contribution < 1.29 is 4.79 Å². The van der Waals surface area contributed by atoms with Gasteiger partial charge in [-0.2, -0.15) is 5.10 Å². The number of carbonyl (C=O) groups is 1. The van der Waals surface area contributed by atoms with Crippen molar-refractivity contribution in [3.8, 4) is 0 Å². The molecule has 1 aliphatic carbocycles. The summed E-state index contributed by atoms with van der Waals surface area (Å²) < 4.78 is 1.99. The van der Waals surface area contributed by atoms with Gasteiger partial charge >= 0.3 is 6.03 Å². The van der Waals surface area contributed by atoms with Gasteiger partial charge in [-0.15, -0.1) is 0 Å². The van der Waals surface area contributed by atoms with E-state index in [1.165, 1.54) is 18.4 Å². The zero-order valence-electron chi connectivity index (χ0n) is 15.0. The normalized spacial score (nSPS) is 23.3. The van der Waals surface area contributed by atoms with Crippen molar-refractivity contribution in [3.63, 3.8) is 0 Å². The van der Waals surface area contributed by atoms with Crippen LogP contribution in [0, 0.1) is 0 Å². The number of carbonyl (C=O) groups excluding carboxylic acids is 1. The fourth-order valence-corrected chi connectivity index (χ4v) is 3.82. The van der Waals surface area contributed by atoms with Gasteiger partial charge in [0.15, 0.2) is 0 Å². The molecule has 0 N–H and O–H groups in total. The van der Waals surface area contributed by atoms with Crippen molar-refractivity contribution in [1.29, 1.82) is 0 Å². The van der Waals surface area contributed by atoms with Crippen molar-refractivity contribution in [1.82, 2.24) is 24.6 Å². The smallest absolute Gasteiger partial charge is 0.324 e. The first kappa shape index (κ1) is 15.6. The number of amides is 2. The van der Waals surface area contributed by atoms with Crippen molar-refractivity contribution in [2.75, 3.05) is 43.0 Å². The average molecular weight is 353 g/mol. The second-order valence-corrected chi connectivity index (χ2v) is 7.51. The molecule has 8 heteroatoms. The molecule has 8 nitrogen and oxygen atoms in total. The van der Waals surface area contributed by atoms with E-state index in [4.69, 9.17) is 0 Å². The second kappa shape index (κ2) is 5.96. The minimum Gasteiger partial charge on any atom is -0.339 e. The van der Waals surface area contributed by atoms with Crippen LogP contribution >= 0.6 is 0 Å². The maximum Gasteiger partial charge on any atom is 0.324 e. The van der Waals surface area contributed by atoms with Gasteiger partial charge in [-0.1, -0.05) is 0 Å². The van der Waals surface area contributed by atoms with E-state index in [0.717, 1.165) is 44.2 Å². The van der Waals surface area contributed by atoms with Gasteiger partial charge in [0, 0.05) is 51.8 Å². The van der Waals surface area contributed by atoms with Crippen LogP contribution in [-0.4, -0.2) is 63.9 Å². The Bertz CT molecular complexity index is 813. The number of hydrogen-bond donors (Lipinski definition) is 0. The van der Waals surface area contributed by atoms with Crippen molar-refractivity contribution in [2.24, 2.45) is 0 Å². The highest BCUT2D eigenvalue weighted by molar-refractivity contribution is 5.93. The van der Waals surface area contributed by atoms with Gasteiger partial charge in [0.1, 0.15) is 0 Å². The molecule has 0 spiro atoms. The van der Waals surface area contributed by atoms with Crippen LogP contribution in [0.1, 0.15) is 36.8 Å². The van der Waals surface area contributed by atoms with Crippen LogP contribution in [-0.2, 0) is 0 Å². The Morgan fingerprint density at radius 1 is 1.04 bits per heavy atom. The molecule has 2 amide bonds.